The van der Waals surface area contributed by atoms with Crippen LogP contribution in [0.4, 0.5) is 4.39 Å². The zero-order valence-corrected chi connectivity index (χ0v) is 11.0. The molecular weight excluding hydrogens is 291 g/mol. The largest absolute Gasteiger partial charge is 0.497 e. The molecule has 20 heavy (non-hydrogen) atoms. The van der Waals surface area contributed by atoms with Crippen LogP contribution in [0, 0.1) is 5.82 Å². The van der Waals surface area contributed by atoms with Crippen LogP contribution in [0.15, 0.2) is 44.9 Å². The van der Waals surface area contributed by atoms with Crippen molar-refractivity contribution in [2.45, 2.75) is 4.90 Å². The molecule has 0 saturated carbocycles. The van der Waals surface area contributed by atoms with Crippen molar-refractivity contribution in [3.63, 3.8) is 0 Å². The van der Waals surface area contributed by atoms with Gasteiger partial charge in [-0.3, -0.25) is 9.78 Å². The van der Waals surface area contributed by atoms with Gasteiger partial charge in [-0.2, -0.15) is 8.36 Å². The number of hydrogen-bond donors (Lipinski definition) is 1. The minimum Gasteiger partial charge on any atom is -0.497 e. The number of aromatic amines is 1. The smallest absolute Gasteiger partial charge is 0.342 e. The number of hydrogen-bond acceptors (Lipinski definition) is 5. The van der Waals surface area contributed by atoms with E-state index in [1.807, 2.05) is 0 Å². The summed E-state index contributed by atoms with van der Waals surface area (Å²) < 4.78 is 42.4. The predicted molar refractivity (Wildman–Crippen MR) is 66.9 cm³/mol. The molecule has 0 amide bonds. The summed E-state index contributed by atoms with van der Waals surface area (Å²) in [6.07, 6.45) is 0.334. The van der Waals surface area contributed by atoms with Gasteiger partial charge < -0.3 is 4.74 Å². The van der Waals surface area contributed by atoms with E-state index in [-0.39, 0.29) is 8.87 Å². The molecule has 0 saturated heterocycles. The number of H-pyrrole nitrogens is 1. The van der Waals surface area contributed by atoms with Gasteiger partial charge in [-0.05, 0) is 24.3 Å². The van der Waals surface area contributed by atoms with E-state index in [4.69, 9.17) is 4.74 Å². The SMILES string of the molecule is COc1ccc(S(=O)(=O)n2cc(F)c(=O)[nH]c2=O)cc1. The summed E-state index contributed by atoms with van der Waals surface area (Å²) in [6.45, 7) is 0. The first kappa shape index (κ1) is 14.0. The van der Waals surface area contributed by atoms with Gasteiger partial charge in [0.2, 0.25) is 5.82 Å². The molecule has 106 valence electrons. The van der Waals surface area contributed by atoms with Crippen LogP contribution in [0.25, 0.3) is 0 Å². The third-order valence-electron chi connectivity index (χ3n) is 2.48. The molecule has 0 aliphatic carbocycles. The molecule has 0 aliphatic rings. The number of ether oxygens (including phenoxy) is 1. The Kier molecular flexibility index (Phi) is 3.45. The maximum Gasteiger partial charge on any atom is 0.342 e. The summed E-state index contributed by atoms with van der Waals surface area (Å²) in [6, 6.07) is 5.15. The highest BCUT2D eigenvalue weighted by atomic mass is 32.2. The van der Waals surface area contributed by atoms with Crippen molar-refractivity contribution in [3.8, 4) is 5.75 Å². The lowest BCUT2D eigenvalue weighted by atomic mass is 10.3. The third-order valence-corrected chi connectivity index (χ3v) is 4.14. The first-order valence-electron chi connectivity index (χ1n) is 5.27. The van der Waals surface area contributed by atoms with Crippen LogP contribution >= 0.6 is 0 Å². The summed E-state index contributed by atoms with van der Waals surface area (Å²) in [5.74, 6) is -0.953. The number of methoxy groups -OCH3 is 1. The van der Waals surface area contributed by atoms with E-state index in [0.717, 1.165) is 0 Å². The van der Waals surface area contributed by atoms with E-state index in [1.165, 1.54) is 31.4 Å². The zero-order chi connectivity index (χ0) is 14.9. The summed E-state index contributed by atoms with van der Waals surface area (Å²) >= 11 is 0. The quantitative estimate of drug-likeness (QED) is 0.855. The van der Waals surface area contributed by atoms with Gasteiger partial charge in [0.25, 0.3) is 15.6 Å². The Morgan fingerprint density at radius 2 is 1.80 bits per heavy atom. The molecule has 0 spiro atoms. The van der Waals surface area contributed by atoms with Gasteiger partial charge in [0.15, 0.2) is 0 Å². The lowest BCUT2D eigenvalue weighted by Gasteiger charge is -2.07. The Hall–Kier alpha value is -2.42. The second-order valence-electron chi connectivity index (χ2n) is 3.71. The summed E-state index contributed by atoms with van der Waals surface area (Å²) in [5, 5.41) is 0. The van der Waals surface area contributed by atoms with Gasteiger partial charge >= 0.3 is 5.69 Å². The van der Waals surface area contributed by atoms with Crippen molar-refractivity contribution in [2.24, 2.45) is 0 Å². The summed E-state index contributed by atoms with van der Waals surface area (Å²) in [7, 11) is -2.89. The van der Waals surface area contributed by atoms with Crippen LogP contribution in [0.2, 0.25) is 0 Å². The Morgan fingerprint density at radius 1 is 1.20 bits per heavy atom. The minimum atomic E-state index is -4.30. The van der Waals surface area contributed by atoms with Crippen molar-refractivity contribution in [2.75, 3.05) is 7.11 Å². The van der Waals surface area contributed by atoms with Gasteiger partial charge in [-0.25, -0.2) is 13.2 Å². The van der Waals surface area contributed by atoms with Gasteiger partial charge in [-0.15, -0.1) is 0 Å². The standard InChI is InChI=1S/C11H9FN2O5S/c1-19-7-2-4-8(5-3-7)20(17,18)14-6-9(12)10(15)13-11(14)16/h2-6H,1H3,(H,13,15,16). The van der Waals surface area contributed by atoms with Gasteiger partial charge in [0.05, 0.1) is 18.2 Å². The summed E-state index contributed by atoms with van der Waals surface area (Å²) in [4.78, 5) is 23.7. The highest BCUT2D eigenvalue weighted by Crippen LogP contribution is 2.16. The van der Waals surface area contributed by atoms with Crippen molar-refractivity contribution in [1.82, 2.24) is 8.96 Å². The van der Waals surface area contributed by atoms with E-state index in [0.29, 0.717) is 11.9 Å². The van der Waals surface area contributed by atoms with Crippen molar-refractivity contribution < 1.29 is 17.5 Å². The average molecular weight is 300 g/mol. The Balaban J connectivity index is 2.63. The fourth-order valence-corrected chi connectivity index (χ4v) is 2.67. The van der Waals surface area contributed by atoms with Gasteiger partial charge in [0, 0.05) is 0 Å². The molecule has 2 aromatic rings. The second-order valence-corrected chi connectivity index (χ2v) is 5.53. The Bertz CT molecular complexity index is 852. The number of aromatic nitrogens is 2. The van der Waals surface area contributed by atoms with E-state index in [1.54, 1.807) is 4.98 Å². The van der Waals surface area contributed by atoms with Crippen LogP contribution in [0.3, 0.4) is 0 Å². The number of nitrogens with one attached hydrogen (secondary N) is 1. The van der Waals surface area contributed by atoms with Crippen molar-refractivity contribution >= 4 is 10.0 Å². The van der Waals surface area contributed by atoms with Gasteiger partial charge in [0.1, 0.15) is 5.75 Å². The molecule has 1 heterocycles. The van der Waals surface area contributed by atoms with E-state index in [9.17, 15) is 22.4 Å². The minimum absolute atomic E-state index is 0.130. The lowest BCUT2D eigenvalue weighted by Crippen LogP contribution is -2.35. The lowest BCUT2D eigenvalue weighted by molar-refractivity contribution is 0.414. The maximum absolute atomic E-state index is 13.1. The molecule has 0 radical (unpaired) electrons. The van der Waals surface area contributed by atoms with Crippen LogP contribution in [-0.2, 0) is 10.0 Å². The highest BCUT2D eigenvalue weighted by Gasteiger charge is 2.20. The molecule has 9 heteroatoms. The fourth-order valence-electron chi connectivity index (χ4n) is 1.47. The van der Waals surface area contributed by atoms with Crippen molar-refractivity contribution in [3.05, 3.63) is 57.1 Å². The maximum atomic E-state index is 13.1. The van der Waals surface area contributed by atoms with Crippen LogP contribution in [0.1, 0.15) is 0 Å². The molecule has 2 rings (SSSR count). The topological polar surface area (TPSA) is 98.2 Å². The molecule has 1 N–H and O–H groups in total. The normalized spacial score (nSPS) is 11.3. The van der Waals surface area contributed by atoms with E-state index >= 15 is 0 Å². The molecule has 0 aliphatic heterocycles. The molecule has 0 bridgehead atoms. The highest BCUT2D eigenvalue weighted by molar-refractivity contribution is 7.90. The number of halogens is 1. The number of rotatable bonds is 3. The molecule has 1 aromatic carbocycles. The molecule has 0 unspecified atom stereocenters. The van der Waals surface area contributed by atoms with Crippen LogP contribution < -0.4 is 16.0 Å². The monoisotopic (exact) mass is 300 g/mol. The number of benzene rings is 1. The number of nitrogens with zero attached hydrogens (tertiary/aromatic N) is 1. The molecule has 0 fully saturated rings. The van der Waals surface area contributed by atoms with E-state index in [2.05, 4.69) is 0 Å². The van der Waals surface area contributed by atoms with Crippen LogP contribution in [0.5, 0.6) is 5.75 Å². The first-order chi connectivity index (χ1) is 9.36. The van der Waals surface area contributed by atoms with Crippen molar-refractivity contribution in [1.29, 1.82) is 0 Å². The third kappa shape index (κ3) is 2.35. The molecule has 1 aromatic heterocycles. The molecule has 7 nitrogen and oxygen atoms in total. The fraction of sp³-hybridized carbons (Fsp3) is 0.0909. The zero-order valence-electron chi connectivity index (χ0n) is 10.2. The van der Waals surface area contributed by atoms with Crippen LogP contribution in [-0.4, -0.2) is 24.5 Å². The van der Waals surface area contributed by atoms with Gasteiger partial charge in [-0.1, -0.05) is 0 Å². The first-order valence-corrected chi connectivity index (χ1v) is 6.71. The molecular formula is C11H9FN2O5S. The summed E-state index contributed by atoms with van der Waals surface area (Å²) in [5.41, 5.74) is -2.52. The second kappa shape index (κ2) is 4.93. The average Bonchev–Trinajstić information content (AvgIpc) is 2.42. The molecule has 0 atom stereocenters. The predicted octanol–water partition coefficient (Wildman–Crippen LogP) is -0.0787. The van der Waals surface area contributed by atoms with E-state index < -0.39 is 27.1 Å². The Labute approximate surface area is 112 Å². The Morgan fingerprint density at radius 3 is 2.35 bits per heavy atom.